The van der Waals surface area contributed by atoms with Crippen LogP contribution >= 0.6 is 0 Å². The first kappa shape index (κ1) is 22.4. The fraction of sp³-hybridized carbons (Fsp3) is 0.708. The molecular weight excluding hydrogens is 388 g/mol. The zero-order chi connectivity index (χ0) is 21.6. The lowest BCUT2D eigenvalue weighted by Gasteiger charge is -2.39. The third kappa shape index (κ3) is 5.90. The third-order valence-corrected chi connectivity index (χ3v) is 7.14. The Bertz CT molecular complexity index is 707. The average molecular weight is 429 g/mol. The summed E-state index contributed by atoms with van der Waals surface area (Å²) in [5.74, 6) is -0.0303. The van der Waals surface area contributed by atoms with E-state index in [4.69, 9.17) is 0 Å². The fourth-order valence-electron chi connectivity index (χ4n) is 5.19. The number of carbonyl (C=O) groups excluding carboxylic acids is 1. The number of hydrogen-bond acceptors (Lipinski definition) is 6. The summed E-state index contributed by atoms with van der Waals surface area (Å²) in [5, 5.41) is 9.79. The molecule has 0 aromatic carbocycles. The van der Waals surface area contributed by atoms with E-state index in [1.807, 2.05) is 12.2 Å². The van der Waals surface area contributed by atoms with E-state index in [1.165, 1.54) is 38.9 Å². The van der Waals surface area contributed by atoms with Crippen molar-refractivity contribution in [1.29, 1.82) is 0 Å². The van der Waals surface area contributed by atoms with E-state index in [-0.39, 0.29) is 12.1 Å². The molecule has 0 aromatic rings. The minimum atomic E-state index is -0.0303. The lowest BCUT2D eigenvalue weighted by atomic mass is 10.0. The molecule has 0 saturated carbocycles. The van der Waals surface area contributed by atoms with Crippen molar-refractivity contribution in [1.82, 2.24) is 30.7 Å². The smallest absolute Gasteiger partial charge is 0.267 e. The molecule has 4 aliphatic rings. The number of rotatable bonds is 6. The van der Waals surface area contributed by atoms with Crippen molar-refractivity contribution in [3.05, 3.63) is 35.7 Å². The van der Waals surface area contributed by atoms with Crippen LogP contribution in [0.5, 0.6) is 0 Å². The summed E-state index contributed by atoms with van der Waals surface area (Å²) in [6.45, 7) is 13.0. The van der Waals surface area contributed by atoms with Crippen molar-refractivity contribution in [2.75, 3.05) is 52.4 Å². The molecule has 0 aromatic heterocycles. The maximum atomic E-state index is 12.6. The van der Waals surface area contributed by atoms with Crippen LogP contribution in [0, 0.1) is 0 Å². The van der Waals surface area contributed by atoms with Crippen LogP contribution in [-0.4, -0.2) is 91.2 Å². The van der Waals surface area contributed by atoms with Crippen LogP contribution in [0.2, 0.25) is 0 Å². The molecule has 7 nitrogen and oxygen atoms in total. The SMILES string of the molecule is CC(C)N1CCC(N2CCCN(C3C=CC=C(C(=O)NCC4=CCCN4)N3)CC2)CC1. The molecule has 172 valence electrons. The van der Waals surface area contributed by atoms with E-state index >= 15 is 0 Å². The van der Waals surface area contributed by atoms with E-state index < -0.39 is 0 Å². The minimum Gasteiger partial charge on any atom is -0.387 e. The number of nitrogens with zero attached hydrogens (tertiary/aromatic N) is 3. The van der Waals surface area contributed by atoms with E-state index in [9.17, 15) is 4.79 Å². The quantitative estimate of drug-likeness (QED) is 0.592. The molecule has 0 aliphatic carbocycles. The van der Waals surface area contributed by atoms with Crippen molar-refractivity contribution in [2.45, 2.75) is 57.8 Å². The molecule has 0 bridgehead atoms. The second-order valence-electron chi connectivity index (χ2n) is 9.47. The van der Waals surface area contributed by atoms with Gasteiger partial charge in [0.15, 0.2) is 0 Å². The lowest BCUT2D eigenvalue weighted by Crippen LogP contribution is -2.50. The highest BCUT2D eigenvalue weighted by Crippen LogP contribution is 2.20. The molecule has 1 unspecified atom stereocenters. The van der Waals surface area contributed by atoms with Crippen molar-refractivity contribution in [3.63, 3.8) is 0 Å². The minimum absolute atomic E-state index is 0.0303. The Kier molecular flexibility index (Phi) is 7.69. The second kappa shape index (κ2) is 10.7. The summed E-state index contributed by atoms with van der Waals surface area (Å²) in [6.07, 6.45) is 13.1. The van der Waals surface area contributed by atoms with Gasteiger partial charge < -0.3 is 20.9 Å². The van der Waals surface area contributed by atoms with E-state index in [2.05, 4.69) is 56.6 Å². The Morgan fingerprint density at radius 2 is 1.90 bits per heavy atom. The monoisotopic (exact) mass is 428 g/mol. The van der Waals surface area contributed by atoms with E-state index in [0.29, 0.717) is 18.3 Å². The summed E-state index contributed by atoms with van der Waals surface area (Å²) in [6, 6.07) is 1.39. The van der Waals surface area contributed by atoms with Gasteiger partial charge in [-0.05, 0) is 71.3 Å². The van der Waals surface area contributed by atoms with Gasteiger partial charge >= 0.3 is 0 Å². The Balaban J connectivity index is 1.24. The molecule has 0 spiro atoms. The normalized spacial score (nSPS) is 26.7. The van der Waals surface area contributed by atoms with Gasteiger partial charge in [0, 0.05) is 44.0 Å². The molecule has 1 atom stereocenters. The summed E-state index contributed by atoms with van der Waals surface area (Å²) in [7, 11) is 0. The van der Waals surface area contributed by atoms with Gasteiger partial charge in [0.2, 0.25) is 0 Å². The van der Waals surface area contributed by atoms with Gasteiger partial charge in [-0.1, -0.05) is 12.2 Å². The van der Waals surface area contributed by atoms with Gasteiger partial charge in [0.05, 0.1) is 12.7 Å². The summed E-state index contributed by atoms with van der Waals surface area (Å²) in [5.41, 5.74) is 1.77. The summed E-state index contributed by atoms with van der Waals surface area (Å²) in [4.78, 5) is 20.4. The fourth-order valence-corrected chi connectivity index (χ4v) is 5.19. The maximum Gasteiger partial charge on any atom is 0.267 e. The summed E-state index contributed by atoms with van der Waals surface area (Å²) >= 11 is 0. The van der Waals surface area contributed by atoms with Crippen LogP contribution in [0.3, 0.4) is 0 Å². The molecule has 4 aliphatic heterocycles. The van der Waals surface area contributed by atoms with Crippen molar-refractivity contribution in [2.24, 2.45) is 0 Å². The number of allylic oxidation sites excluding steroid dienone is 2. The topological polar surface area (TPSA) is 62.9 Å². The number of dihydropyridines is 1. The average Bonchev–Trinajstić information content (AvgIpc) is 3.20. The second-order valence-corrected chi connectivity index (χ2v) is 9.47. The molecule has 2 fully saturated rings. The highest BCUT2D eigenvalue weighted by atomic mass is 16.2. The number of piperidine rings is 1. The molecule has 0 radical (unpaired) electrons. The van der Waals surface area contributed by atoms with Gasteiger partial charge in [-0.2, -0.15) is 0 Å². The Labute approximate surface area is 187 Å². The summed E-state index contributed by atoms with van der Waals surface area (Å²) < 4.78 is 0. The van der Waals surface area contributed by atoms with Gasteiger partial charge in [0.25, 0.3) is 5.91 Å². The van der Waals surface area contributed by atoms with Gasteiger partial charge in [-0.15, -0.1) is 0 Å². The zero-order valence-electron chi connectivity index (χ0n) is 19.3. The first-order chi connectivity index (χ1) is 15.1. The van der Waals surface area contributed by atoms with Gasteiger partial charge in [-0.3, -0.25) is 14.6 Å². The standard InChI is InChI=1S/C24H40N6O/c1-19(2)28-14-9-21(10-15-28)29-12-5-13-30(17-16-29)23-8-3-7-22(27-23)24(31)26-18-20-6-4-11-25-20/h3,6-8,19,21,23,25,27H,4-5,9-18H2,1-2H3,(H,26,31). The Hall–Kier alpha value is -1.83. The predicted octanol–water partition coefficient (Wildman–Crippen LogP) is 1.23. The van der Waals surface area contributed by atoms with Crippen molar-refractivity contribution >= 4 is 5.91 Å². The van der Waals surface area contributed by atoms with Crippen LogP contribution in [0.1, 0.15) is 39.5 Å². The lowest BCUT2D eigenvalue weighted by molar-refractivity contribution is -0.117. The molecule has 31 heavy (non-hydrogen) atoms. The molecule has 4 rings (SSSR count). The van der Waals surface area contributed by atoms with Crippen LogP contribution in [0.25, 0.3) is 0 Å². The van der Waals surface area contributed by atoms with E-state index in [0.717, 1.165) is 44.3 Å². The third-order valence-electron chi connectivity index (χ3n) is 7.14. The van der Waals surface area contributed by atoms with Crippen LogP contribution < -0.4 is 16.0 Å². The first-order valence-corrected chi connectivity index (χ1v) is 12.2. The highest BCUT2D eigenvalue weighted by Gasteiger charge is 2.29. The number of carbonyl (C=O) groups is 1. The van der Waals surface area contributed by atoms with Crippen LogP contribution in [-0.2, 0) is 4.79 Å². The predicted molar refractivity (Wildman–Crippen MR) is 125 cm³/mol. The number of nitrogens with one attached hydrogen (secondary N) is 3. The largest absolute Gasteiger partial charge is 0.387 e. The van der Waals surface area contributed by atoms with Crippen LogP contribution in [0.4, 0.5) is 0 Å². The molecule has 1 amide bonds. The molecular formula is C24H40N6O. The first-order valence-electron chi connectivity index (χ1n) is 12.2. The molecule has 7 heteroatoms. The number of likely N-dealkylation sites (tertiary alicyclic amines) is 1. The Morgan fingerprint density at radius 3 is 2.65 bits per heavy atom. The van der Waals surface area contributed by atoms with Crippen molar-refractivity contribution < 1.29 is 4.79 Å². The molecule has 2 saturated heterocycles. The van der Waals surface area contributed by atoms with Crippen molar-refractivity contribution in [3.8, 4) is 0 Å². The van der Waals surface area contributed by atoms with Gasteiger partial charge in [0.1, 0.15) is 5.70 Å². The Morgan fingerprint density at radius 1 is 1.13 bits per heavy atom. The molecule has 3 N–H and O–H groups in total. The maximum absolute atomic E-state index is 12.6. The number of amides is 1. The molecule has 4 heterocycles. The zero-order valence-corrected chi connectivity index (χ0v) is 19.3. The van der Waals surface area contributed by atoms with Gasteiger partial charge in [-0.25, -0.2) is 0 Å². The highest BCUT2D eigenvalue weighted by molar-refractivity contribution is 5.93. The number of hydrogen-bond donors (Lipinski definition) is 3. The van der Waals surface area contributed by atoms with Crippen LogP contribution in [0.15, 0.2) is 35.7 Å². The van der Waals surface area contributed by atoms with E-state index in [1.54, 1.807) is 0 Å².